The molecule has 0 fully saturated rings. The fraction of sp³-hybridized carbons (Fsp3) is 0.278. The summed E-state index contributed by atoms with van der Waals surface area (Å²) in [6.45, 7) is 1.84. The van der Waals surface area contributed by atoms with Crippen LogP contribution in [0.4, 0.5) is 11.4 Å². The zero-order chi connectivity index (χ0) is 20.5. The van der Waals surface area contributed by atoms with Crippen LogP contribution in [0.25, 0.3) is 0 Å². The van der Waals surface area contributed by atoms with Crippen LogP contribution >= 0.6 is 23.2 Å². The lowest BCUT2D eigenvalue weighted by Gasteiger charge is -2.30. The monoisotopic (exact) mass is 444 g/mol. The summed E-state index contributed by atoms with van der Waals surface area (Å²) >= 11 is 12.0. The summed E-state index contributed by atoms with van der Waals surface area (Å²) in [5, 5.41) is 3.21. The van der Waals surface area contributed by atoms with Gasteiger partial charge in [-0.1, -0.05) is 30.1 Å². The van der Waals surface area contributed by atoms with Crippen LogP contribution in [0.15, 0.2) is 36.4 Å². The Morgan fingerprint density at radius 3 is 2.50 bits per heavy atom. The van der Waals surface area contributed by atoms with E-state index in [1.807, 2.05) is 0 Å². The summed E-state index contributed by atoms with van der Waals surface area (Å²) in [6.07, 6.45) is 1.27. The van der Waals surface area contributed by atoms with Gasteiger partial charge in [-0.25, -0.2) is 8.42 Å². The number of benzene rings is 2. The van der Waals surface area contributed by atoms with Crippen LogP contribution in [0, 0.1) is 0 Å². The van der Waals surface area contributed by atoms with Crippen molar-refractivity contribution in [1.82, 2.24) is 0 Å². The average molecular weight is 445 g/mol. The highest BCUT2D eigenvalue weighted by Gasteiger charge is 2.32. The lowest BCUT2D eigenvalue weighted by Crippen LogP contribution is -2.47. The number of hydrogen-bond donors (Lipinski definition) is 1. The van der Waals surface area contributed by atoms with E-state index in [9.17, 15) is 13.2 Å². The van der Waals surface area contributed by atoms with Gasteiger partial charge in [-0.05, 0) is 36.8 Å². The van der Waals surface area contributed by atoms with Crippen molar-refractivity contribution < 1.29 is 22.7 Å². The summed E-state index contributed by atoms with van der Waals surface area (Å²) in [5.74, 6) is 0.603. The van der Waals surface area contributed by atoms with E-state index in [1.54, 1.807) is 25.1 Å². The standard InChI is InChI=1S/C18H18Cl2N2O5S/c1-3-15(18(23)21-11-4-7-16-17(8-11)27-10-26-16)22(28(2,24)25)12-5-6-13(19)14(20)9-12/h4-9,15H,3,10H2,1-2H3,(H,21,23)/t15-/m0/s1. The first-order valence-corrected chi connectivity index (χ1v) is 11.0. The molecule has 0 spiro atoms. The third-order valence-corrected chi connectivity index (χ3v) is 6.05. The molecule has 2 aromatic carbocycles. The van der Waals surface area contributed by atoms with Gasteiger partial charge in [-0.2, -0.15) is 0 Å². The number of halogens is 2. The Kier molecular flexibility index (Phi) is 5.92. The van der Waals surface area contributed by atoms with Crippen molar-refractivity contribution in [2.24, 2.45) is 0 Å². The molecule has 28 heavy (non-hydrogen) atoms. The largest absolute Gasteiger partial charge is 0.454 e. The highest BCUT2D eigenvalue weighted by atomic mass is 35.5. The average Bonchev–Trinajstić information content (AvgIpc) is 3.08. The highest BCUT2D eigenvalue weighted by Crippen LogP contribution is 2.35. The van der Waals surface area contributed by atoms with Gasteiger partial charge in [-0.3, -0.25) is 9.10 Å². The number of rotatable bonds is 6. The number of carbonyl (C=O) groups is 1. The van der Waals surface area contributed by atoms with Crippen molar-refractivity contribution in [3.63, 3.8) is 0 Å². The molecule has 0 bridgehead atoms. The fourth-order valence-corrected chi connectivity index (χ4v) is 4.38. The quantitative estimate of drug-likeness (QED) is 0.729. The van der Waals surface area contributed by atoms with Crippen LogP contribution < -0.4 is 19.1 Å². The minimum Gasteiger partial charge on any atom is -0.454 e. The molecule has 0 unspecified atom stereocenters. The Morgan fingerprint density at radius 1 is 1.14 bits per heavy atom. The molecule has 1 N–H and O–H groups in total. The van der Waals surface area contributed by atoms with E-state index in [1.165, 1.54) is 18.2 Å². The Balaban J connectivity index is 1.91. The molecule has 0 saturated heterocycles. The zero-order valence-corrected chi connectivity index (χ0v) is 17.4. The predicted molar refractivity (Wildman–Crippen MR) is 109 cm³/mol. The number of fused-ring (bicyclic) bond motifs is 1. The topological polar surface area (TPSA) is 84.9 Å². The van der Waals surface area contributed by atoms with Crippen molar-refractivity contribution in [3.05, 3.63) is 46.4 Å². The van der Waals surface area contributed by atoms with Gasteiger partial charge in [-0.15, -0.1) is 0 Å². The molecular weight excluding hydrogens is 427 g/mol. The molecule has 0 aromatic heterocycles. The Bertz CT molecular complexity index is 1010. The van der Waals surface area contributed by atoms with E-state index in [4.69, 9.17) is 32.7 Å². The molecule has 0 aliphatic carbocycles. The number of nitrogens with one attached hydrogen (secondary N) is 1. The number of nitrogens with zero attached hydrogens (tertiary/aromatic N) is 1. The molecule has 1 atom stereocenters. The van der Waals surface area contributed by atoms with Crippen LogP contribution in [0.3, 0.4) is 0 Å². The first-order valence-electron chi connectivity index (χ1n) is 8.35. The van der Waals surface area contributed by atoms with E-state index in [2.05, 4.69) is 5.32 Å². The second-order valence-corrected chi connectivity index (χ2v) is 8.81. The van der Waals surface area contributed by atoms with Crippen LogP contribution in [0.1, 0.15) is 13.3 Å². The van der Waals surface area contributed by atoms with Crippen molar-refractivity contribution in [2.75, 3.05) is 22.7 Å². The maximum Gasteiger partial charge on any atom is 0.248 e. The summed E-state index contributed by atoms with van der Waals surface area (Å²) in [6, 6.07) is 8.37. The van der Waals surface area contributed by atoms with E-state index < -0.39 is 22.0 Å². The van der Waals surface area contributed by atoms with Gasteiger partial charge in [0.15, 0.2) is 11.5 Å². The number of hydrogen-bond acceptors (Lipinski definition) is 5. The van der Waals surface area contributed by atoms with Gasteiger partial charge in [0, 0.05) is 11.8 Å². The third-order valence-electron chi connectivity index (χ3n) is 4.13. The van der Waals surface area contributed by atoms with Gasteiger partial charge in [0.2, 0.25) is 22.7 Å². The molecule has 2 aromatic rings. The third kappa shape index (κ3) is 4.29. The molecule has 1 aliphatic rings. The summed E-state index contributed by atoms with van der Waals surface area (Å²) in [5.41, 5.74) is 0.722. The van der Waals surface area contributed by atoms with Gasteiger partial charge < -0.3 is 14.8 Å². The maximum absolute atomic E-state index is 12.9. The van der Waals surface area contributed by atoms with Crippen molar-refractivity contribution in [2.45, 2.75) is 19.4 Å². The molecule has 0 saturated carbocycles. The molecule has 150 valence electrons. The first-order chi connectivity index (χ1) is 13.2. The molecule has 10 heteroatoms. The smallest absolute Gasteiger partial charge is 0.248 e. The van der Waals surface area contributed by atoms with E-state index in [0.717, 1.165) is 10.6 Å². The second-order valence-electron chi connectivity index (χ2n) is 6.14. The molecule has 1 heterocycles. The van der Waals surface area contributed by atoms with E-state index in [-0.39, 0.29) is 28.9 Å². The summed E-state index contributed by atoms with van der Waals surface area (Å²) in [4.78, 5) is 12.9. The van der Waals surface area contributed by atoms with E-state index in [0.29, 0.717) is 17.2 Å². The molecule has 7 nitrogen and oxygen atoms in total. The van der Waals surface area contributed by atoms with Gasteiger partial charge in [0.25, 0.3) is 0 Å². The minimum absolute atomic E-state index is 0.115. The molecular formula is C18H18Cl2N2O5S. The predicted octanol–water partition coefficient (Wildman–Crippen LogP) is 3.91. The van der Waals surface area contributed by atoms with Crippen molar-refractivity contribution in [3.8, 4) is 11.5 Å². The number of ether oxygens (including phenoxy) is 2. The van der Waals surface area contributed by atoms with Gasteiger partial charge in [0.05, 0.1) is 22.0 Å². The number of anilines is 2. The first kappa shape index (κ1) is 20.6. The van der Waals surface area contributed by atoms with Crippen LogP contribution in [0.5, 0.6) is 11.5 Å². The Morgan fingerprint density at radius 2 is 1.86 bits per heavy atom. The van der Waals surface area contributed by atoms with E-state index >= 15 is 0 Å². The number of carbonyl (C=O) groups excluding carboxylic acids is 1. The number of amides is 1. The zero-order valence-electron chi connectivity index (χ0n) is 15.1. The fourth-order valence-electron chi connectivity index (χ4n) is 2.88. The van der Waals surface area contributed by atoms with Gasteiger partial charge in [0.1, 0.15) is 6.04 Å². The highest BCUT2D eigenvalue weighted by molar-refractivity contribution is 7.92. The Labute approximate surface area is 173 Å². The van der Waals surface area contributed by atoms with Crippen LogP contribution in [-0.4, -0.2) is 33.4 Å². The van der Waals surface area contributed by atoms with Gasteiger partial charge >= 0.3 is 0 Å². The lowest BCUT2D eigenvalue weighted by molar-refractivity contribution is -0.117. The van der Waals surface area contributed by atoms with Crippen molar-refractivity contribution >= 4 is 50.5 Å². The Hall–Kier alpha value is -2.16. The SMILES string of the molecule is CC[C@@H](C(=O)Nc1ccc2c(c1)OCO2)N(c1ccc(Cl)c(Cl)c1)S(C)(=O)=O. The lowest BCUT2D eigenvalue weighted by atomic mass is 10.1. The molecule has 3 rings (SSSR count). The maximum atomic E-state index is 12.9. The summed E-state index contributed by atoms with van der Waals surface area (Å²) < 4.78 is 36.5. The molecule has 0 radical (unpaired) electrons. The minimum atomic E-state index is -3.78. The van der Waals surface area contributed by atoms with Crippen LogP contribution in [0.2, 0.25) is 10.0 Å². The normalized spacial score (nSPS) is 13.9. The molecule has 1 amide bonds. The molecule has 1 aliphatic heterocycles. The van der Waals surface area contributed by atoms with Crippen LogP contribution in [-0.2, 0) is 14.8 Å². The second kappa shape index (κ2) is 8.06. The number of sulfonamides is 1. The summed E-state index contributed by atoms with van der Waals surface area (Å²) in [7, 11) is -3.78. The van der Waals surface area contributed by atoms with Crippen molar-refractivity contribution in [1.29, 1.82) is 0 Å².